The normalized spacial score (nSPS) is 19.8. The van der Waals surface area contributed by atoms with Gasteiger partial charge in [0.2, 0.25) is 5.82 Å². The molecule has 2 rings (SSSR count). The smallest absolute Gasteiger partial charge is 0.325 e. The van der Waals surface area contributed by atoms with Crippen LogP contribution in [0.5, 0.6) is 0 Å². The van der Waals surface area contributed by atoms with Crippen LogP contribution in [0.25, 0.3) is 0 Å². The number of aromatic nitrogens is 2. The third-order valence-electron chi connectivity index (χ3n) is 4.30. The molecule has 1 fully saturated rings. The van der Waals surface area contributed by atoms with E-state index in [1.807, 2.05) is 49.6 Å². The Labute approximate surface area is 150 Å². The summed E-state index contributed by atoms with van der Waals surface area (Å²) in [6.45, 7) is 12.0. The molecule has 0 aliphatic carbocycles. The van der Waals surface area contributed by atoms with Crippen molar-refractivity contribution in [2.24, 2.45) is 0 Å². The van der Waals surface area contributed by atoms with Crippen LogP contribution in [0.2, 0.25) is 39.3 Å². The number of rotatable bonds is 2. The Kier molecular flexibility index (Phi) is 6.14. The Morgan fingerprint density at radius 3 is 1.88 bits per heavy atom. The number of aromatic amines is 2. The van der Waals surface area contributed by atoms with Gasteiger partial charge in [0.1, 0.15) is 0 Å². The molecule has 0 spiro atoms. The Hall–Kier alpha value is -2.09. The summed E-state index contributed by atoms with van der Waals surface area (Å²) in [7, 11) is -4.19. The molecule has 1 aromatic heterocycles. The minimum atomic E-state index is -2.09. The van der Waals surface area contributed by atoms with Gasteiger partial charge < -0.3 is 10.3 Å². The number of imide groups is 1. The fraction of sp³-hybridized carbons (Fsp3) is 0.571. The van der Waals surface area contributed by atoms with Crippen molar-refractivity contribution in [3.8, 4) is 0 Å². The molecule has 8 nitrogen and oxygen atoms in total. The number of hydrogen-bond donors (Lipinski definition) is 4. The largest absolute Gasteiger partial charge is 0.334 e. The van der Waals surface area contributed by atoms with Gasteiger partial charge in [-0.15, -0.1) is 0 Å². The third-order valence-corrected chi connectivity index (χ3v) is 14.3. The fourth-order valence-corrected chi connectivity index (χ4v) is 15.1. The van der Waals surface area contributed by atoms with Gasteiger partial charge >= 0.3 is 11.7 Å². The van der Waals surface area contributed by atoms with E-state index >= 15 is 0 Å². The molecule has 26 heavy (non-hydrogen) atoms. The molecule has 12 heteroatoms. The van der Waals surface area contributed by atoms with E-state index in [-0.39, 0.29) is 0 Å². The first-order chi connectivity index (χ1) is 11.6. The van der Waals surface area contributed by atoms with Crippen molar-refractivity contribution < 1.29 is 18.4 Å². The van der Waals surface area contributed by atoms with Gasteiger partial charge in [-0.25, -0.2) is 14.0 Å². The first-order valence-corrected chi connectivity index (χ1v) is 14.9. The van der Waals surface area contributed by atoms with Gasteiger partial charge in [0, 0.05) is 6.20 Å². The minimum Gasteiger partial charge on any atom is -0.334 e. The molecule has 3 amide bonds. The van der Waals surface area contributed by atoms with Crippen LogP contribution in [0, 0.1) is 5.82 Å². The van der Waals surface area contributed by atoms with Crippen LogP contribution in [0.1, 0.15) is 0 Å². The lowest BCUT2D eigenvalue weighted by molar-refractivity contribution is -0.126. The number of urea groups is 1. The molecular weight excluding hydrogens is 382 g/mol. The van der Waals surface area contributed by atoms with E-state index in [1.54, 1.807) is 4.98 Å². The average molecular weight is 407 g/mol. The summed E-state index contributed by atoms with van der Waals surface area (Å²) < 4.78 is 26.5. The second-order valence-electron chi connectivity index (χ2n) is 8.03. The van der Waals surface area contributed by atoms with Gasteiger partial charge in [0.25, 0.3) is 11.5 Å². The van der Waals surface area contributed by atoms with Crippen molar-refractivity contribution >= 4 is 28.1 Å². The van der Waals surface area contributed by atoms with Gasteiger partial charge in [-0.3, -0.25) is 19.9 Å². The van der Waals surface area contributed by atoms with Gasteiger partial charge in [-0.2, -0.15) is 4.39 Å². The Bertz CT molecular complexity index is 797. The summed E-state index contributed by atoms with van der Waals surface area (Å²) in [4.78, 5) is 46.2. The first-order valence-electron chi connectivity index (χ1n) is 7.88. The van der Waals surface area contributed by atoms with Crippen LogP contribution in [0.4, 0.5) is 13.6 Å². The summed E-state index contributed by atoms with van der Waals surface area (Å²) in [5, 5.41) is 4.78. The van der Waals surface area contributed by atoms with Crippen molar-refractivity contribution in [3.05, 3.63) is 32.9 Å². The molecule has 1 saturated heterocycles. The second kappa shape index (κ2) is 7.27. The van der Waals surface area contributed by atoms with Crippen LogP contribution in [-0.4, -0.2) is 49.0 Å². The molecule has 0 aromatic carbocycles. The van der Waals surface area contributed by atoms with Gasteiger partial charge in [0.15, 0.2) is 6.17 Å². The highest BCUT2D eigenvalue weighted by Crippen LogP contribution is 2.37. The Balaban J connectivity index is 0.000000314. The van der Waals surface area contributed by atoms with Crippen LogP contribution < -0.4 is 21.9 Å². The van der Waals surface area contributed by atoms with E-state index in [2.05, 4.69) is 5.32 Å². The van der Waals surface area contributed by atoms with E-state index in [0.29, 0.717) is 6.20 Å². The zero-order valence-electron chi connectivity index (χ0n) is 15.5. The third kappa shape index (κ3) is 4.18. The topological polar surface area (TPSA) is 124 Å². The van der Waals surface area contributed by atoms with Crippen LogP contribution >= 0.6 is 0 Å². The number of nitrogens with one attached hydrogen (secondary N) is 4. The molecule has 146 valence electrons. The van der Waals surface area contributed by atoms with E-state index in [9.17, 15) is 28.0 Å². The van der Waals surface area contributed by atoms with Gasteiger partial charge in [-0.05, 0) is 0 Å². The maximum absolute atomic E-state index is 14.5. The van der Waals surface area contributed by atoms with Crippen LogP contribution in [-0.2, 0) is 4.79 Å². The van der Waals surface area contributed by atoms with Crippen LogP contribution in [0.3, 0.4) is 0 Å². The lowest BCUT2D eigenvalue weighted by Crippen LogP contribution is -2.84. The highest BCUT2D eigenvalue weighted by atomic mass is 28.4. The number of halogens is 2. The van der Waals surface area contributed by atoms with Gasteiger partial charge in [0.05, 0.1) is 20.9 Å². The SMILES string of the molecule is C[Si](C)(C)C1([Si](C)(C)C)NC(=O)NC(=O)C1F.O=c1[nH]cc(F)c(=O)[nH]1. The zero-order chi connectivity index (χ0) is 20.5. The fourth-order valence-electron chi connectivity index (χ4n) is 3.30. The molecular formula is C14H24F2N4O4Si2. The zero-order valence-corrected chi connectivity index (χ0v) is 17.5. The molecule has 1 unspecified atom stereocenters. The summed E-state index contributed by atoms with van der Waals surface area (Å²) >= 11 is 0. The lowest BCUT2D eigenvalue weighted by Gasteiger charge is -2.54. The van der Waals surface area contributed by atoms with E-state index < -0.39 is 56.1 Å². The predicted octanol–water partition coefficient (Wildman–Crippen LogP) is 0.860. The summed E-state index contributed by atoms with van der Waals surface area (Å²) in [6.07, 6.45) is -0.931. The quantitative estimate of drug-likeness (QED) is 0.544. The maximum Gasteiger partial charge on any atom is 0.325 e. The molecule has 0 saturated carbocycles. The average Bonchev–Trinajstić information content (AvgIpc) is 2.45. The highest BCUT2D eigenvalue weighted by molar-refractivity contribution is 6.99. The predicted molar refractivity (Wildman–Crippen MR) is 98.6 cm³/mol. The van der Waals surface area contributed by atoms with E-state index in [1.165, 1.54) is 0 Å². The van der Waals surface area contributed by atoms with Crippen LogP contribution in [0.15, 0.2) is 15.8 Å². The highest BCUT2D eigenvalue weighted by Gasteiger charge is 2.63. The molecule has 2 heterocycles. The first kappa shape index (κ1) is 22.0. The van der Waals surface area contributed by atoms with E-state index in [0.717, 1.165) is 0 Å². The molecule has 1 atom stereocenters. The standard InChI is InChI=1S/C10H21FN2O2Si2.C4H3FN2O2/c1-16(2,3)10(17(4,5)6)7(11)8(14)12-9(15)13-10;5-2-1-6-4(9)7-3(2)8/h7H,1-6H3,(H2,12,13,14,15);1H,(H2,6,7,8,9). The Morgan fingerprint density at radius 2 is 1.50 bits per heavy atom. The lowest BCUT2D eigenvalue weighted by atomic mass is 10.3. The molecule has 1 aliphatic heterocycles. The number of H-pyrrole nitrogens is 2. The summed E-state index contributed by atoms with van der Waals surface area (Å²) in [5.74, 6) is -1.78. The molecule has 0 radical (unpaired) electrons. The number of amides is 3. The molecule has 4 N–H and O–H groups in total. The monoisotopic (exact) mass is 406 g/mol. The number of carbonyl (C=O) groups is 2. The minimum absolute atomic E-state index is 0.561. The van der Waals surface area contributed by atoms with Crippen molar-refractivity contribution in [2.45, 2.75) is 50.2 Å². The molecule has 0 bridgehead atoms. The number of alkyl halides is 1. The second-order valence-corrected chi connectivity index (χ2v) is 19.1. The van der Waals surface area contributed by atoms with E-state index in [4.69, 9.17) is 0 Å². The van der Waals surface area contributed by atoms with Crippen molar-refractivity contribution in [2.75, 3.05) is 0 Å². The number of hydrogen-bond acceptors (Lipinski definition) is 4. The summed E-state index contributed by atoms with van der Waals surface area (Å²) in [5.41, 5.74) is -1.71. The van der Waals surface area contributed by atoms with Crippen molar-refractivity contribution in [3.63, 3.8) is 0 Å². The van der Waals surface area contributed by atoms with Gasteiger partial charge in [-0.1, -0.05) is 39.3 Å². The molecule has 1 aromatic rings. The Morgan fingerprint density at radius 1 is 1.00 bits per heavy atom. The van der Waals surface area contributed by atoms with Crippen molar-refractivity contribution in [1.82, 2.24) is 20.6 Å². The molecule has 1 aliphatic rings. The maximum atomic E-state index is 14.5. The summed E-state index contributed by atoms with van der Waals surface area (Å²) in [6, 6.07) is -0.561. The van der Waals surface area contributed by atoms with Crippen molar-refractivity contribution in [1.29, 1.82) is 0 Å². The number of carbonyl (C=O) groups excluding carboxylic acids is 2.